The Balaban J connectivity index is 0. The normalized spacial score (nSPS) is 10.1. The predicted molar refractivity (Wildman–Crippen MR) is 35.3 cm³/mol. The third-order valence-electron chi connectivity index (χ3n) is 0.362. The molecule has 0 bridgehead atoms. The molecule has 0 unspecified atom stereocenters. The van der Waals surface area contributed by atoms with Gasteiger partial charge in [0, 0.05) is 6.54 Å². The molecule has 0 radical (unpaired) electrons. The molecule has 0 aromatic carbocycles. The highest BCUT2D eigenvalue weighted by molar-refractivity contribution is 7.45. The van der Waals surface area contributed by atoms with Gasteiger partial charge in [-0.05, 0) is 7.05 Å². The number of nitrogens with one attached hydrogen (secondary N) is 1. The molecule has 7 heteroatoms. The summed E-state index contributed by atoms with van der Waals surface area (Å²) in [6.45, 7) is 0.927. The second kappa shape index (κ2) is 7.14. The molecule has 0 rings (SSSR count). The lowest BCUT2D eigenvalue weighted by Crippen LogP contribution is -2.10. The van der Waals surface area contributed by atoms with Gasteiger partial charge in [0.05, 0.1) is 6.61 Å². The van der Waals surface area contributed by atoms with Crippen LogP contribution in [0.5, 0.6) is 0 Å². The van der Waals surface area contributed by atoms with Crippen LogP contribution in [0.3, 0.4) is 0 Å². The molecule has 0 saturated carbocycles. The van der Waals surface area contributed by atoms with Crippen LogP contribution in [0.25, 0.3) is 0 Å². The SMILES string of the molecule is CNCCO.O=P(O)(O)O. The molecule has 6 nitrogen and oxygen atoms in total. The van der Waals surface area contributed by atoms with E-state index in [1.807, 2.05) is 0 Å². The number of rotatable bonds is 2. The molecule has 0 aliphatic rings. The van der Waals surface area contributed by atoms with Crippen molar-refractivity contribution >= 4 is 7.82 Å². The second-order valence-corrected chi connectivity index (χ2v) is 2.37. The quantitative estimate of drug-likeness (QED) is 0.317. The fourth-order valence-corrected chi connectivity index (χ4v) is 0.112. The smallest absolute Gasteiger partial charge is 0.395 e. The largest absolute Gasteiger partial charge is 0.466 e. The monoisotopic (exact) mass is 173 g/mol. The summed E-state index contributed by atoms with van der Waals surface area (Å²) in [7, 11) is -2.84. The molecular weight excluding hydrogens is 161 g/mol. The Kier molecular flexibility index (Phi) is 9.06. The third kappa shape index (κ3) is 96.3. The molecule has 5 N–H and O–H groups in total. The summed E-state index contributed by atoms with van der Waals surface area (Å²) in [5.74, 6) is 0. The van der Waals surface area contributed by atoms with E-state index in [-0.39, 0.29) is 6.61 Å². The van der Waals surface area contributed by atoms with Gasteiger partial charge in [0.2, 0.25) is 0 Å². The molecular formula is C3H12NO5P. The molecule has 10 heavy (non-hydrogen) atoms. The number of hydrogen-bond donors (Lipinski definition) is 5. The minimum atomic E-state index is -4.64. The Morgan fingerprint density at radius 1 is 1.40 bits per heavy atom. The molecule has 0 aromatic rings. The summed E-state index contributed by atoms with van der Waals surface area (Å²) in [5, 5.41) is 10.8. The highest BCUT2D eigenvalue weighted by Crippen LogP contribution is 2.25. The average Bonchev–Trinajstić information content (AvgIpc) is 1.63. The summed E-state index contributed by atoms with van der Waals surface area (Å²) in [4.78, 5) is 21.6. The number of aliphatic hydroxyl groups excluding tert-OH is 1. The lowest BCUT2D eigenvalue weighted by molar-refractivity contribution is 0.275. The van der Waals surface area contributed by atoms with Crippen LogP contribution < -0.4 is 5.32 Å². The van der Waals surface area contributed by atoms with E-state index in [4.69, 9.17) is 24.4 Å². The number of aliphatic hydroxyl groups is 1. The van der Waals surface area contributed by atoms with Gasteiger partial charge < -0.3 is 25.1 Å². The van der Waals surface area contributed by atoms with Crippen molar-refractivity contribution in [3.63, 3.8) is 0 Å². The van der Waals surface area contributed by atoms with Crippen molar-refractivity contribution < 1.29 is 24.4 Å². The van der Waals surface area contributed by atoms with Crippen LogP contribution in [0.4, 0.5) is 0 Å². The van der Waals surface area contributed by atoms with Crippen molar-refractivity contribution in [1.29, 1.82) is 0 Å². The van der Waals surface area contributed by atoms with Crippen molar-refractivity contribution in [2.75, 3.05) is 20.2 Å². The van der Waals surface area contributed by atoms with Gasteiger partial charge in [-0.3, -0.25) is 0 Å². The molecule has 0 aliphatic heterocycles. The standard InChI is InChI=1S/C3H9NO.H3O4P/c1-4-2-3-5;1-5(2,3)4/h4-5H,2-3H2,1H3;(H3,1,2,3,4). The van der Waals surface area contributed by atoms with Crippen LogP contribution >= 0.6 is 7.82 Å². The first-order valence-electron chi connectivity index (χ1n) is 2.45. The molecule has 0 fully saturated rings. The third-order valence-corrected chi connectivity index (χ3v) is 0.362. The molecule has 0 atom stereocenters. The first kappa shape index (κ1) is 12.7. The Morgan fingerprint density at radius 2 is 1.70 bits per heavy atom. The van der Waals surface area contributed by atoms with E-state index in [0.29, 0.717) is 6.54 Å². The second-order valence-electron chi connectivity index (χ2n) is 1.34. The van der Waals surface area contributed by atoms with Crippen LogP contribution in [0, 0.1) is 0 Å². The maximum atomic E-state index is 8.88. The number of likely N-dealkylation sites (N-methyl/N-ethyl adjacent to an activating group) is 1. The zero-order valence-electron chi connectivity index (χ0n) is 5.56. The fourth-order valence-electron chi connectivity index (χ4n) is 0.112. The van der Waals surface area contributed by atoms with Crippen molar-refractivity contribution in [3.8, 4) is 0 Å². The number of hydrogen-bond acceptors (Lipinski definition) is 3. The predicted octanol–water partition coefficient (Wildman–Crippen LogP) is -1.73. The minimum absolute atomic E-state index is 0.233. The van der Waals surface area contributed by atoms with Crippen LogP contribution in [-0.4, -0.2) is 40.0 Å². The first-order valence-corrected chi connectivity index (χ1v) is 4.02. The fraction of sp³-hybridized carbons (Fsp3) is 1.00. The van der Waals surface area contributed by atoms with Gasteiger partial charge in [0.1, 0.15) is 0 Å². The van der Waals surface area contributed by atoms with E-state index in [1.165, 1.54) is 0 Å². The molecule has 0 saturated heterocycles. The molecule has 0 spiro atoms. The van der Waals surface area contributed by atoms with Crippen molar-refractivity contribution in [1.82, 2.24) is 5.32 Å². The maximum absolute atomic E-state index is 8.88. The summed E-state index contributed by atoms with van der Waals surface area (Å²) in [6, 6.07) is 0. The highest BCUT2D eigenvalue weighted by atomic mass is 31.2. The maximum Gasteiger partial charge on any atom is 0.466 e. The minimum Gasteiger partial charge on any atom is -0.395 e. The van der Waals surface area contributed by atoms with Crippen molar-refractivity contribution in [2.24, 2.45) is 0 Å². The zero-order valence-corrected chi connectivity index (χ0v) is 6.45. The van der Waals surface area contributed by atoms with E-state index in [0.717, 1.165) is 0 Å². The van der Waals surface area contributed by atoms with Crippen LogP contribution in [0.15, 0.2) is 0 Å². The Morgan fingerprint density at radius 3 is 1.70 bits per heavy atom. The molecule has 0 heterocycles. The van der Waals surface area contributed by atoms with Gasteiger partial charge in [-0.2, -0.15) is 0 Å². The van der Waals surface area contributed by atoms with Gasteiger partial charge in [0.15, 0.2) is 0 Å². The van der Waals surface area contributed by atoms with E-state index < -0.39 is 7.82 Å². The first-order chi connectivity index (χ1) is 4.41. The van der Waals surface area contributed by atoms with Crippen LogP contribution in [0.2, 0.25) is 0 Å². The lowest BCUT2D eigenvalue weighted by atomic mass is 10.7. The van der Waals surface area contributed by atoms with Gasteiger partial charge in [-0.15, -0.1) is 0 Å². The van der Waals surface area contributed by atoms with Crippen LogP contribution in [-0.2, 0) is 4.57 Å². The van der Waals surface area contributed by atoms with Gasteiger partial charge in [0.25, 0.3) is 0 Å². The van der Waals surface area contributed by atoms with E-state index in [2.05, 4.69) is 5.32 Å². The Bertz CT molecular complexity index is 90.8. The molecule has 64 valence electrons. The van der Waals surface area contributed by atoms with Gasteiger partial charge in [-0.25, -0.2) is 4.57 Å². The summed E-state index contributed by atoms with van der Waals surface area (Å²) in [6.07, 6.45) is 0. The average molecular weight is 173 g/mol. The zero-order chi connectivity index (χ0) is 8.62. The summed E-state index contributed by atoms with van der Waals surface area (Å²) in [5.41, 5.74) is 0. The Hall–Kier alpha value is 0.0300. The van der Waals surface area contributed by atoms with Crippen molar-refractivity contribution in [3.05, 3.63) is 0 Å². The van der Waals surface area contributed by atoms with E-state index in [1.54, 1.807) is 7.05 Å². The summed E-state index contributed by atoms with van der Waals surface area (Å²) >= 11 is 0. The van der Waals surface area contributed by atoms with Crippen molar-refractivity contribution in [2.45, 2.75) is 0 Å². The lowest BCUT2D eigenvalue weighted by Gasteiger charge is -1.84. The molecule has 0 aliphatic carbocycles. The van der Waals surface area contributed by atoms with E-state index in [9.17, 15) is 0 Å². The molecule has 0 amide bonds. The summed E-state index contributed by atoms with van der Waals surface area (Å²) < 4.78 is 8.88. The molecule has 0 aromatic heterocycles. The highest BCUT2D eigenvalue weighted by Gasteiger charge is 2.00. The van der Waals surface area contributed by atoms with Gasteiger partial charge >= 0.3 is 7.82 Å². The van der Waals surface area contributed by atoms with Crippen LogP contribution in [0.1, 0.15) is 0 Å². The Labute approximate surface area is 58.8 Å². The van der Waals surface area contributed by atoms with E-state index >= 15 is 0 Å². The van der Waals surface area contributed by atoms with Gasteiger partial charge in [-0.1, -0.05) is 0 Å². The number of phosphoric acid groups is 1. The topological polar surface area (TPSA) is 110 Å².